The minimum Gasteiger partial charge on any atom is -0.357 e. The van der Waals surface area contributed by atoms with Crippen LogP contribution in [0.1, 0.15) is 30.2 Å². The Hall–Kier alpha value is -1.81. The van der Waals surface area contributed by atoms with Gasteiger partial charge in [0.1, 0.15) is 0 Å². The molecule has 0 bridgehead atoms. The van der Waals surface area contributed by atoms with E-state index in [1.165, 1.54) is 4.88 Å². The predicted octanol–water partition coefficient (Wildman–Crippen LogP) is 4.29. The number of likely N-dealkylation sites (tertiary alicyclic amines) is 1. The summed E-state index contributed by atoms with van der Waals surface area (Å²) in [5, 5.41) is 11.8. The lowest BCUT2D eigenvalue weighted by atomic mass is 10.2. The number of rotatable bonds is 7. The second-order valence-corrected chi connectivity index (χ2v) is 7.81. The van der Waals surface area contributed by atoms with E-state index in [1.807, 2.05) is 29.2 Å². The first-order valence-electron chi connectivity index (χ1n) is 9.94. The van der Waals surface area contributed by atoms with Gasteiger partial charge < -0.3 is 20.9 Å². The van der Waals surface area contributed by atoms with Crippen molar-refractivity contribution in [3.05, 3.63) is 52.2 Å². The Morgan fingerprint density at radius 2 is 2.00 bits per heavy atom. The molecule has 1 aromatic heterocycles. The third kappa shape index (κ3) is 7.85. The molecule has 158 valence electrons. The van der Waals surface area contributed by atoms with Crippen LogP contribution in [0.15, 0.2) is 46.8 Å². The fraction of sp³-hybridized carbons (Fsp3) is 0.429. The molecule has 0 atom stereocenters. The summed E-state index contributed by atoms with van der Waals surface area (Å²) in [7, 11) is 0. The summed E-state index contributed by atoms with van der Waals surface area (Å²) in [5.41, 5.74) is 1.88. The van der Waals surface area contributed by atoms with Gasteiger partial charge in [-0.05, 0) is 55.3 Å². The van der Waals surface area contributed by atoms with Crippen LogP contribution in [-0.4, -0.2) is 43.1 Å². The van der Waals surface area contributed by atoms with Gasteiger partial charge >= 0.3 is 6.03 Å². The number of nitrogens with zero attached hydrogens (tertiary/aromatic N) is 2. The topological polar surface area (TPSA) is 68.8 Å². The molecule has 1 aliphatic heterocycles. The Balaban J connectivity index is 0.00000300. The zero-order valence-corrected chi connectivity index (χ0v) is 20.0. The van der Waals surface area contributed by atoms with Crippen LogP contribution >= 0.6 is 35.3 Å². The zero-order valence-electron chi connectivity index (χ0n) is 16.8. The summed E-state index contributed by atoms with van der Waals surface area (Å²) in [4.78, 5) is 20.2. The smallest absolute Gasteiger partial charge is 0.321 e. The Morgan fingerprint density at radius 1 is 1.17 bits per heavy atom. The summed E-state index contributed by atoms with van der Waals surface area (Å²) in [5.74, 6) is 0.811. The van der Waals surface area contributed by atoms with E-state index in [4.69, 9.17) is 0 Å². The summed E-state index contributed by atoms with van der Waals surface area (Å²) < 4.78 is 0. The lowest BCUT2D eigenvalue weighted by molar-refractivity contribution is 0.222. The summed E-state index contributed by atoms with van der Waals surface area (Å²) in [6.45, 7) is 5.97. The van der Waals surface area contributed by atoms with Gasteiger partial charge in [-0.1, -0.05) is 18.2 Å². The molecule has 3 rings (SSSR count). The van der Waals surface area contributed by atoms with Gasteiger partial charge in [-0.2, -0.15) is 0 Å². The summed E-state index contributed by atoms with van der Waals surface area (Å²) >= 11 is 1.78. The largest absolute Gasteiger partial charge is 0.357 e. The molecule has 0 aliphatic carbocycles. The Bertz CT molecular complexity index is 775. The molecule has 2 aromatic rings. The first-order valence-corrected chi connectivity index (χ1v) is 10.8. The molecule has 29 heavy (non-hydrogen) atoms. The van der Waals surface area contributed by atoms with Crippen LogP contribution in [0, 0.1) is 0 Å². The van der Waals surface area contributed by atoms with E-state index in [9.17, 15) is 4.79 Å². The number of thiophene rings is 1. The number of carbonyl (C=O) groups is 1. The molecular formula is C21H30IN5OS. The van der Waals surface area contributed by atoms with Gasteiger partial charge in [0.05, 0.1) is 6.54 Å². The molecule has 3 N–H and O–H groups in total. The van der Waals surface area contributed by atoms with Crippen molar-refractivity contribution in [1.29, 1.82) is 0 Å². The average molecular weight is 527 g/mol. The van der Waals surface area contributed by atoms with Gasteiger partial charge in [0.15, 0.2) is 5.96 Å². The van der Waals surface area contributed by atoms with E-state index in [0.29, 0.717) is 6.54 Å². The quantitative estimate of drug-likeness (QED) is 0.286. The van der Waals surface area contributed by atoms with Gasteiger partial charge in [0.25, 0.3) is 0 Å². The second-order valence-electron chi connectivity index (χ2n) is 6.78. The highest BCUT2D eigenvalue weighted by atomic mass is 127. The average Bonchev–Trinajstić information content (AvgIpc) is 3.40. The highest BCUT2D eigenvalue weighted by Crippen LogP contribution is 2.14. The Kier molecular flexibility index (Phi) is 10.3. The van der Waals surface area contributed by atoms with Crippen molar-refractivity contribution in [2.75, 3.05) is 31.5 Å². The predicted molar refractivity (Wildman–Crippen MR) is 133 cm³/mol. The zero-order chi connectivity index (χ0) is 19.6. The molecule has 1 aliphatic rings. The molecular weight excluding hydrogens is 497 g/mol. The minimum absolute atomic E-state index is 0. The van der Waals surface area contributed by atoms with Crippen molar-refractivity contribution in [3.8, 4) is 0 Å². The van der Waals surface area contributed by atoms with E-state index >= 15 is 0 Å². The number of benzene rings is 1. The standard InChI is InChI=1S/C21H29N5OS.HI/c1-2-22-20(23-11-10-19-9-6-14-28-19)24-16-17-7-5-8-18(15-17)25-21(27)26-12-3-4-13-26;/h5-9,14-15H,2-4,10-13,16H2,1H3,(H,25,27)(H2,22,23,24);1H. The Labute approximate surface area is 194 Å². The maximum Gasteiger partial charge on any atom is 0.321 e. The van der Waals surface area contributed by atoms with Crippen LogP contribution in [0.5, 0.6) is 0 Å². The minimum atomic E-state index is -0.0123. The third-order valence-corrected chi connectivity index (χ3v) is 5.52. The van der Waals surface area contributed by atoms with Crippen LogP contribution in [0.4, 0.5) is 10.5 Å². The number of urea groups is 1. The van der Waals surface area contributed by atoms with Crippen molar-refractivity contribution < 1.29 is 4.79 Å². The highest BCUT2D eigenvalue weighted by Gasteiger charge is 2.17. The summed E-state index contributed by atoms with van der Waals surface area (Å²) in [6.07, 6.45) is 3.17. The number of amides is 2. The van der Waals surface area contributed by atoms with Crippen LogP contribution in [0.25, 0.3) is 0 Å². The molecule has 1 fully saturated rings. The van der Waals surface area contributed by atoms with E-state index in [0.717, 1.165) is 62.7 Å². The Morgan fingerprint density at radius 3 is 2.72 bits per heavy atom. The van der Waals surface area contributed by atoms with Crippen molar-refractivity contribution in [2.45, 2.75) is 32.7 Å². The van der Waals surface area contributed by atoms with Gasteiger partial charge in [0, 0.05) is 36.7 Å². The number of anilines is 1. The van der Waals surface area contributed by atoms with Crippen LogP contribution in [0.3, 0.4) is 0 Å². The number of aliphatic imine (C=N–C) groups is 1. The van der Waals surface area contributed by atoms with E-state index < -0.39 is 0 Å². The van der Waals surface area contributed by atoms with Crippen LogP contribution < -0.4 is 16.0 Å². The first-order chi connectivity index (χ1) is 13.7. The lowest BCUT2D eigenvalue weighted by Gasteiger charge is -2.16. The summed E-state index contributed by atoms with van der Waals surface area (Å²) in [6, 6.07) is 12.1. The van der Waals surface area contributed by atoms with Crippen molar-refractivity contribution >= 4 is 53.0 Å². The number of hydrogen-bond donors (Lipinski definition) is 3. The number of nitrogens with one attached hydrogen (secondary N) is 3. The van der Waals surface area contributed by atoms with Gasteiger partial charge in [0.2, 0.25) is 0 Å². The highest BCUT2D eigenvalue weighted by molar-refractivity contribution is 14.0. The maximum absolute atomic E-state index is 12.3. The maximum atomic E-state index is 12.3. The molecule has 6 nitrogen and oxygen atoms in total. The molecule has 0 radical (unpaired) electrons. The molecule has 1 saturated heterocycles. The molecule has 2 heterocycles. The molecule has 2 amide bonds. The fourth-order valence-corrected chi connectivity index (χ4v) is 3.85. The first kappa shape index (κ1) is 23.5. The van der Waals surface area contributed by atoms with Gasteiger partial charge in [-0.25, -0.2) is 9.79 Å². The van der Waals surface area contributed by atoms with E-state index in [1.54, 1.807) is 11.3 Å². The van der Waals surface area contributed by atoms with E-state index in [-0.39, 0.29) is 30.0 Å². The number of carbonyl (C=O) groups excluding carboxylic acids is 1. The number of halogens is 1. The third-order valence-electron chi connectivity index (χ3n) is 4.58. The van der Waals surface area contributed by atoms with Crippen molar-refractivity contribution in [3.63, 3.8) is 0 Å². The normalized spacial score (nSPS) is 13.7. The second kappa shape index (κ2) is 12.7. The van der Waals surface area contributed by atoms with Crippen LogP contribution in [0.2, 0.25) is 0 Å². The molecule has 0 saturated carbocycles. The van der Waals surface area contributed by atoms with Crippen molar-refractivity contribution in [2.24, 2.45) is 4.99 Å². The van der Waals surface area contributed by atoms with Crippen LogP contribution in [-0.2, 0) is 13.0 Å². The molecule has 0 unspecified atom stereocenters. The monoisotopic (exact) mass is 527 g/mol. The SMILES string of the molecule is CCNC(=NCc1cccc(NC(=O)N2CCCC2)c1)NCCc1cccs1.I. The van der Waals surface area contributed by atoms with Gasteiger partial charge in [-0.15, -0.1) is 35.3 Å². The lowest BCUT2D eigenvalue weighted by Crippen LogP contribution is -2.38. The fourth-order valence-electron chi connectivity index (χ4n) is 3.14. The number of guanidine groups is 1. The van der Waals surface area contributed by atoms with Gasteiger partial charge in [-0.3, -0.25) is 0 Å². The van der Waals surface area contributed by atoms with Crippen molar-refractivity contribution in [1.82, 2.24) is 15.5 Å². The molecule has 0 spiro atoms. The molecule has 1 aromatic carbocycles. The number of hydrogen-bond acceptors (Lipinski definition) is 3. The van der Waals surface area contributed by atoms with E-state index in [2.05, 4.69) is 45.4 Å². The molecule has 8 heteroatoms.